The van der Waals surface area contributed by atoms with Crippen molar-refractivity contribution in [2.24, 2.45) is 17.6 Å². The molecule has 92 valence electrons. The molecule has 3 saturated heterocycles. The monoisotopic (exact) mass is 225 g/mol. The van der Waals surface area contributed by atoms with Crippen molar-refractivity contribution < 1.29 is 9.47 Å². The van der Waals surface area contributed by atoms with Crippen molar-refractivity contribution in [3.8, 4) is 0 Å². The second-order valence-electron chi connectivity index (χ2n) is 5.73. The maximum atomic E-state index is 6.38. The van der Waals surface area contributed by atoms with Crippen molar-refractivity contribution >= 4 is 0 Å². The average molecular weight is 225 g/mol. The molecule has 3 aliphatic heterocycles. The lowest BCUT2D eigenvalue weighted by molar-refractivity contribution is 0.0549. The summed E-state index contributed by atoms with van der Waals surface area (Å²) in [7, 11) is 0. The van der Waals surface area contributed by atoms with E-state index in [2.05, 4.69) is 0 Å². The van der Waals surface area contributed by atoms with Crippen LogP contribution in [-0.2, 0) is 9.47 Å². The molecule has 2 N–H and O–H groups in total. The lowest BCUT2D eigenvalue weighted by atomic mass is 9.79. The minimum atomic E-state index is 0.360. The molecule has 2 bridgehead atoms. The van der Waals surface area contributed by atoms with Gasteiger partial charge < -0.3 is 15.2 Å². The van der Waals surface area contributed by atoms with Crippen LogP contribution in [0.25, 0.3) is 0 Å². The molecule has 0 aromatic carbocycles. The van der Waals surface area contributed by atoms with E-state index in [0.29, 0.717) is 24.2 Å². The standard InChI is InChI=1S/C13H23NO2/c14-12(7-9-3-5-15-6-4-9)11-8-10-1-2-13(11)16-10/h9-13H,1-8,14H2. The molecule has 3 fully saturated rings. The molecule has 0 amide bonds. The fraction of sp³-hybridized carbons (Fsp3) is 1.00. The highest BCUT2D eigenvalue weighted by Gasteiger charge is 2.43. The maximum absolute atomic E-state index is 6.38. The Morgan fingerprint density at radius 1 is 1.12 bits per heavy atom. The second-order valence-corrected chi connectivity index (χ2v) is 5.73. The molecule has 0 aromatic heterocycles. The van der Waals surface area contributed by atoms with Crippen LogP contribution in [0.3, 0.4) is 0 Å². The summed E-state index contributed by atoms with van der Waals surface area (Å²) in [5.41, 5.74) is 6.38. The van der Waals surface area contributed by atoms with E-state index in [-0.39, 0.29) is 0 Å². The Morgan fingerprint density at radius 2 is 1.94 bits per heavy atom. The van der Waals surface area contributed by atoms with E-state index < -0.39 is 0 Å². The molecule has 3 rings (SSSR count). The van der Waals surface area contributed by atoms with Gasteiger partial charge in [-0.05, 0) is 44.4 Å². The Bertz CT molecular complexity index is 240. The van der Waals surface area contributed by atoms with Gasteiger partial charge >= 0.3 is 0 Å². The van der Waals surface area contributed by atoms with Crippen LogP contribution in [-0.4, -0.2) is 31.5 Å². The summed E-state index contributed by atoms with van der Waals surface area (Å²) in [5, 5.41) is 0. The first-order chi connectivity index (χ1) is 7.83. The fourth-order valence-electron chi connectivity index (χ4n) is 3.67. The Morgan fingerprint density at radius 3 is 2.56 bits per heavy atom. The fourth-order valence-corrected chi connectivity index (χ4v) is 3.67. The van der Waals surface area contributed by atoms with Crippen LogP contribution < -0.4 is 5.73 Å². The van der Waals surface area contributed by atoms with Crippen LogP contribution in [0.5, 0.6) is 0 Å². The molecule has 0 aromatic rings. The van der Waals surface area contributed by atoms with E-state index in [1.54, 1.807) is 0 Å². The van der Waals surface area contributed by atoms with Crippen LogP contribution >= 0.6 is 0 Å². The van der Waals surface area contributed by atoms with Crippen molar-refractivity contribution in [3.63, 3.8) is 0 Å². The molecule has 4 atom stereocenters. The second kappa shape index (κ2) is 4.63. The number of hydrogen-bond donors (Lipinski definition) is 1. The van der Waals surface area contributed by atoms with Crippen LogP contribution in [0, 0.1) is 11.8 Å². The zero-order valence-corrected chi connectivity index (χ0v) is 9.94. The third-order valence-electron chi connectivity index (χ3n) is 4.65. The first kappa shape index (κ1) is 11.0. The van der Waals surface area contributed by atoms with E-state index in [0.717, 1.165) is 19.1 Å². The molecule has 0 saturated carbocycles. The van der Waals surface area contributed by atoms with Gasteiger partial charge in [0.15, 0.2) is 0 Å². The molecule has 3 nitrogen and oxygen atoms in total. The van der Waals surface area contributed by atoms with Gasteiger partial charge in [-0.15, -0.1) is 0 Å². The Hall–Kier alpha value is -0.120. The van der Waals surface area contributed by atoms with E-state index in [9.17, 15) is 0 Å². The molecule has 16 heavy (non-hydrogen) atoms. The lowest BCUT2D eigenvalue weighted by Crippen LogP contribution is -2.38. The summed E-state index contributed by atoms with van der Waals surface area (Å²) in [6.07, 6.45) is 8.35. The number of nitrogens with two attached hydrogens (primary N) is 1. The van der Waals surface area contributed by atoms with E-state index in [1.165, 1.54) is 38.5 Å². The van der Waals surface area contributed by atoms with Gasteiger partial charge in [-0.25, -0.2) is 0 Å². The average Bonchev–Trinajstić information content (AvgIpc) is 2.92. The van der Waals surface area contributed by atoms with Crippen LogP contribution in [0.4, 0.5) is 0 Å². The van der Waals surface area contributed by atoms with Gasteiger partial charge in [0.05, 0.1) is 12.2 Å². The Balaban J connectivity index is 1.51. The maximum Gasteiger partial charge on any atom is 0.0623 e. The summed E-state index contributed by atoms with van der Waals surface area (Å²) in [6, 6.07) is 0.360. The molecule has 3 aliphatic rings. The summed E-state index contributed by atoms with van der Waals surface area (Å²) in [5.74, 6) is 1.43. The van der Waals surface area contributed by atoms with Gasteiger partial charge in [0.25, 0.3) is 0 Å². The highest BCUT2D eigenvalue weighted by molar-refractivity contribution is 4.94. The van der Waals surface area contributed by atoms with Crippen molar-refractivity contribution in [2.45, 2.75) is 56.8 Å². The van der Waals surface area contributed by atoms with Crippen molar-refractivity contribution in [3.05, 3.63) is 0 Å². The van der Waals surface area contributed by atoms with Gasteiger partial charge in [0.1, 0.15) is 0 Å². The van der Waals surface area contributed by atoms with Gasteiger partial charge in [0, 0.05) is 25.2 Å². The first-order valence-corrected chi connectivity index (χ1v) is 6.81. The lowest BCUT2D eigenvalue weighted by Gasteiger charge is -2.30. The number of fused-ring (bicyclic) bond motifs is 2. The SMILES string of the molecule is NC(CC1CCOCC1)C1CC2CCC1O2. The van der Waals surface area contributed by atoms with E-state index in [1.807, 2.05) is 0 Å². The minimum Gasteiger partial charge on any atom is -0.381 e. The van der Waals surface area contributed by atoms with Gasteiger partial charge in [0.2, 0.25) is 0 Å². The topological polar surface area (TPSA) is 44.5 Å². The minimum absolute atomic E-state index is 0.360. The largest absolute Gasteiger partial charge is 0.381 e. The van der Waals surface area contributed by atoms with Gasteiger partial charge in [-0.1, -0.05) is 0 Å². The molecule has 0 aliphatic carbocycles. The van der Waals surface area contributed by atoms with Crippen molar-refractivity contribution in [1.29, 1.82) is 0 Å². The highest BCUT2D eigenvalue weighted by atomic mass is 16.5. The molecule has 0 spiro atoms. The van der Waals surface area contributed by atoms with Crippen molar-refractivity contribution in [1.82, 2.24) is 0 Å². The summed E-state index contributed by atoms with van der Waals surface area (Å²) in [4.78, 5) is 0. The first-order valence-electron chi connectivity index (χ1n) is 6.81. The zero-order valence-electron chi connectivity index (χ0n) is 9.94. The Labute approximate surface area is 97.7 Å². The predicted octanol–water partition coefficient (Wildman–Crippen LogP) is 1.70. The van der Waals surface area contributed by atoms with E-state index in [4.69, 9.17) is 15.2 Å². The van der Waals surface area contributed by atoms with Crippen LogP contribution in [0.1, 0.15) is 38.5 Å². The molecule has 3 heteroatoms. The smallest absolute Gasteiger partial charge is 0.0623 e. The molecular formula is C13H23NO2. The van der Waals surface area contributed by atoms with Crippen LogP contribution in [0.15, 0.2) is 0 Å². The zero-order chi connectivity index (χ0) is 11.0. The molecular weight excluding hydrogens is 202 g/mol. The molecule has 4 unspecified atom stereocenters. The van der Waals surface area contributed by atoms with Crippen molar-refractivity contribution in [2.75, 3.05) is 13.2 Å². The molecule has 0 radical (unpaired) electrons. The van der Waals surface area contributed by atoms with Gasteiger partial charge in [-0.3, -0.25) is 0 Å². The number of rotatable bonds is 3. The van der Waals surface area contributed by atoms with Gasteiger partial charge in [-0.2, -0.15) is 0 Å². The summed E-state index contributed by atoms with van der Waals surface area (Å²) >= 11 is 0. The third kappa shape index (κ3) is 2.13. The predicted molar refractivity (Wildman–Crippen MR) is 62.1 cm³/mol. The normalized spacial score (nSPS) is 41.4. The number of ether oxygens (including phenoxy) is 2. The molecule has 3 heterocycles. The Kier molecular flexibility index (Phi) is 3.18. The quantitative estimate of drug-likeness (QED) is 0.795. The summed E-state index contributed by atoms with van der Waals surface area (Å²) < 4.78 is 11.3. The third-order valence-corrected chi connectivity index (χ3v) is 4.65. The highest BCUT2D eigenvalue weighted by Crippen LogP contribution is 2.41. The summed E-state index contributed by atoms with van der Waals surface area (Å²) in [6.45, 7) is 1.87. The van der Waals surface area contributed by atoms with E-state index >= 15 is 0 Å². The number of hydrogen-bond acceptors (Lipinski definition) is 3. The van der Waals surface area contributed by atoms with Crippen LogP contribution in [0.2, 0.25) is 0 Å².